The summed E-state index contributed by atoms with van der Waals surface area (Å²) in [6, 6.07) is 10.7. The summed E-state index contributed by atoms with van der Waals surface area (Å²) in [7, 11) is 0. The molecule has 0 fully saturated rings. The number of esters is 1. The van der Waals surface area contributed by atoms with E-state index in [4.69, 9.17) is 4.74 Å². The molecule has 7 heteroatoms. The number of aromatic hydroxyl groups is 1. The van der Waals surface area contributed by atoms with Crippen LogP contribution in [0.25, 0.3) is 6.08 Å². The van der Waals surface area contributed by atoms with Crippen molar-refractivity contribution in [2.45, 2.75) is 0 Å². The summed E-state index contributed by atoms with van der Waals surface area (Å²) in [4.78, 5) is 16.2. The van der Waals surface area contributed by atoms with Gasteiger partial charge in [-0.3, -0.25) is 0 Å². The minimum atomic E-state index is -0.557. The van der Waals surface area contributed by atoms with E-state index in [1.807, 2.05) is 12.1 Å². The van der Waals surface area contributed by atoms with E-state index >= 15 is 0 Å². The van der Waals surface area contributed by atoms with E-state index < -0.39 is 5.97 Å². The Labute approximate surface area is 157 Å². The van der Waals surface area contributed by atoms with Gasteiger partial charge in [-0.25, -0.2) is 9.79 Å². The van der Waals surface area contributed by atoms with Gasteiger partial charge in [0, 0.05) is 20.1 Å². The Kier molecular flexibility index (Phi) is 4.70. The standard InChI is InChI=1S/C16H8Br3NO3/c17-10-3-1-8(2-4-10)15-20-13(16(22)23-15)6-9-5-11(18)7-12(19)14(9)21/h1-7,21H/b13-6+. The third-order valence-corrected chi connectivity index (χ3v) is 4.65. The Morgan fingerprint density at radius 1 is 1.04 bits per heavy atom. The third-order valence-electron chi connectivity index (χ3n) is 3.06. The van der Waals surface area contributed by atoms with Crippen molar-refractivity contribution in [3.8, 4) is 5.75 Å². The van der Waals surface area contributed by atoms with Gasteiger partial charge in [-0.2, -0.15) is 0 Å². The summed E-state index contributed by atoms with van der Waals surface area (Å²) in [5, 5.41) is 10.1. The predicted octanol–water partition coefficient (Wildman–Crippen LogP) is 5.02. The molecule has 1 aliphatic rings. The Hall–Kier alpha value is -1.44. The van der Waals surface area contributed by atoms with Crippen LogP contribution in [0.4, 0.5) is 0 Å². The van der Waals surface area contributed by atoms with Gasteiger partial charge in [-0.15, -0.1) is 0 Å². The summed E-state index contributed by atoms with van der Waals surface area (Å²) in [6.07, 6.45) is 1.49. The molecular weight excluding hydrogens is 494 g/mol. The fraction of sp³-hybridized carbons (Fsp3) is 0. The van der Waals surface area contributed by atoms with Crippen molar-refractivity contribution in [2.24, 2.45) is 4.99 Å². The van der Waals surface area contributed by atoms with Crippen molar-refractivity contribution in [2.75, 3.05) is 0 Å². The number of nitrogens with zero attached hydrogens (tertiary/aromatic N) is 1. The van der Waals surface area contributed by atoms with Crippen molar-refractivity contribution in [3.05, 3.63) is 66.6 Å². The molecule has 0 aromatic heterocycles. The van der Waals surface area contributed by atoms with E-state index in [1.54, 1.807) is 24.3 Å². The summed E-state index contributed by atoms with van der Waals surface area (Å²) in [6.45, 7) is 0. The lowest BCUT2D eigenvalue weighted by Crippen LogP contribution is -2.05. The molecular formula is C16H8Br3NO3. The smallest absolute Gasteiger partial charge is 0.363 e. The first kappa shape index (κ1) is 16.4. The van der Waals surface area contributed by atoms with Crippen LogP contribution in [0.3, 0.4) is 0 Å². The van der Waals surface area contributed by atoms with Gasteiger partial charge >= 0.3 is 5.97 Å². The average molecular weight is 502 g/mol. The van der Waals surface area contributed by atoms with E-state index in [0.717, 1.165) is 8.95 Å². The van der Waals surface area contributed by atoms with E-state index in [9.17, 15) is 9.90 Å². The zero-order chi connectivity index (χ0) is 16.6. The number of rotatable bonds is 2. The minimum absolute atomic E-state index is 0.0285. The maximum absolute atomic E-state index is 12.0. The van der Waals surface area contributed by atoms with Crippen LogP contribution in [0.1, 0.15) is 11.1 Å². The second-order valence-corrected chi connectivity index (χ2v) is 7.35. The van der Waals surface area contributed by atoms with Gasteiger partial charge in [0.2, 0.25) is 5.90 Å². The van der Waals surface area contributed by atoms with Gasteiger partial charge in [-0.05, 0) is 58.4 Å². The molecule has 2 aromatic rings. The number of carbonyl (C=O) groups excluding carboxylic acids is 1. The molecule has 0 unspecified atom stereocenters. The summed E-state index contributed by atoms with van der Waals surface area (Å²) < 4.78 is 7.39. The number of aliphatic imine (C=N–C) groups is 1. The quantitative estimate of drug-likeness (QED) is 0.464. The van der Waals surface area contributed by atoms with E-state index in [1.165, 1.54) is 6.08 Å². The molecule has 0 radical (unpaired) electrons. The molecule has 0 saturated heterocycles. The summed E-state index contributed by atoms with van der Waals surface area (Å²) >= 11 is 9.94. The van der Waals surface area contributed by atoms with Crippen LogP contribution < -0.4 is 0 Å². The van der Waals surface area contributed by atoms with E-state index in [-0.39, 0.29) is 17.3 Å². The van der Waals surface area contributed by atoms with Gasteiger partial charge in [0.1, 0.15) is 5.75 Å². The first-order valence-corrected chi connectivity index (χ1v) is 8.78. The number of halogens is 3. The highest BCUT2D eigenvalue weighted by Crippen LogP contribution is 2.33. The third kappa shape index (κ3) is 3.57. The van der Waals surface area contributed by atoms with Gasteiger partial charge < -0.3 is 9.84 Å². The number of phenols is 1. The Morgan fingerprint density at radius 3 is 2.43 bits per heavy atom. The minimum Gasteiger partial charge on any atom is -0.506 e. The molecule has 0 spiro atoms. The Balaban J connectivity index is 2.00. The molecule has 0 atom stereocenters. The van der Waals surface area contributed by atoms with Crippen LogP contribution in [-0.4, -0.2) is 17.0 Å². The molecule has 23 heavy (non-hydrogen) atoms. The van der Waals surface area contributed by atoms with Gasteiger partial charge in [-0.1, -0.05) is 31.9 Å². The summed E-state index contributed by atoms with van der Waals surface area (Å²) in [5.41, 5.74) is 1.28. The molecule has 3 rings (SSSR count). The fourth-order valence-corrected chi connectivity index (χ4v) is 3.49. The topological polar surface area (TPSA) is 58.9 Å². The normalized spacial score (nSPS) is 15.7. The van der Waals surface area contributed by atoms with Crippen LogP contribution in [0.2, 0.25) is 0 Å². The predicted molar refractivity (Wildman–Crippen MR) is 98.3 cm³/mol. The SMILES string of the molecule is O=C1OC(c2ccc(Br)cc2)=N/C1=C/c1cc(Br)cc(Br)c1O. The van der Waals surface area contributed by atoms with Crippen molar-refractivity contribution in [3.63, 3.8) is 0 Å². The maximum Gasteiger partial charge on any atom is 0.363 e. The lowest BCUT2D eigenvalue weighted by Gasteiger charge is -2.03. The number of hydrogen-bond acceptors (Lipinski definition) is 4. The zero-order valence-electron chi connectivity index (χ0n) is 11.4. The number of benzene rings is 2. The molecule has 0 bridgehead atoms. The zero-order valence-corrected chi connectivity index (χ0v) is 16.1. The first-order valence-electron chi connectivity index (χ1n) is 6.40. The van der Waals surface area contributed by atoms with Crippen LogP contribution in [0, 0.1) is 0 Å². The molecule has 0 saturated carbocycles. The van der Waals surface area contributed by atoms with Crippen LogP contribution in [0.15, 0.2) is 60.5 Å². The fourth-order valence-electron chi connectivity index (χ4n) is 1.97. The Bertz CT molecular complexity index is 858. The second-order valence-electron chi connectivity index (χ2n) is 4.67. The molecule has 1 aliphatic heterocycles. The largest absolute Gasteiger partial charge is 0.506 e. The van der Waals surface area contributed by atoms with Crippen LogP contribution in [-0.2, 0) is 9.53 Å². The van der Waals surface area contributed by atoms with Crippen LogP contribution >= 0.6 is 47.8 Å². The summed E-state index contributed by atoms with van der Waals surface area (Å²) in [5.74, 6) is -0.290. The highest BCUT2D eigenvalue weighted by Gasteiger charge is 2.24. The Morgan fingerprint density at radius 2 is 1.74 bits per heavy atom. The molecule has 4 nitrogen and oxygen atoms in total. The maximum atomic E-state index is 12.0. The molecule has 0 amide bonds. The van der Waals surface area contributed by atoms with Crippen molar-refractivity contribution >= 4 is 65.7 Å². The lowest BCUT2D eigenvalue weighted by atomic mass is 10.1. The van der Waals surface area contributed by atoms with Gasteiger partial charge in [0.15, 0.2) is 5.70 Å². The highest BCUT2D eigenvalue weighted by molar-refractivity contribution is 9.11. The molecule has 2 aromatic carbocycles. The molecule has 0 aliphatic carbocycles. The first-order chi connectivity index (χ1) is 10.9. The van der Waals surface area contributed by atoms with E-state index in [2.05, 4.69) is 52.8 Å². The van der Waals surface area contributed by atoms with Crippen molar-refractivity contribution in [1.82, 2.24) is 0 Å². The highest BCUT2D eigenvalue weighted by atomic mass is 79.9. The number of carbonyl (C=O) groups is 1. The molecule has 1 heterocycles. The monoisotopic (exact) mass is 499 g/mol. The van der Waals surface area contributed by atoms with Crippen molar-refractivity contribution in [1.29, 1.82) is 0 Å². The van der Waals surface area contributed by atoms with Gasteiger partial charge in [0.25, 0.3) is 0 Å². The van der Waals surface area contributed by atoms with Gasteiger partial charge in [0.05, 0.1) is 4.47 Å². The molecule has 1 N–H and O–H groups in total. The second kappa shape index (κ2) is 6.59. The number of cyclic esters (lactones) is 1. The van der Waals surface area contributed by atoms with Crippen molar-refractivity contribution < 1.29 is 14.6 Å². The molecule has 116 valence electrons. The lowest BCUT2D eigenvalue weighted by molar-refractivity contribution is -0.129. The van der Waals surface area contributed by atoms with Crippen LogP contribution in [0.5, 0.6) is 5.75 Å². The number of hydrogen-bond donors (Lipinski definition) is 1. The number of phenolic OH excluding ortho intramolecular Hbond substituents is 1. The van der Waals surface area contributed by atoms with E-state index in [0.29, 0.717) is 15.6 Å². The average Bonchev–Trinajstić information content (AvgIpc) is 2.86. The number of ether oxygens (including phenoxy) is 1.